The lowest BCUT2D eigenvalue weighted by atomic mass is 9.94. The van der Waals surface area contributed by atoms with Crippen LogP contribution in [0.3, 0.4) is 0 Å². The molecule has 1 saturated carbocycles. The molecule has 0 heterocycles. The molecule has 1 fully saturated rings. The van der Waals surface area contributed by atoms with E-state index in [1.807, 2.05) is 0 Å². The summed E-state index contributed by atoms with van der Waals surface area (Å²) >= 11 is 0. The van der Waals surface area contributed by atoms with Gasteiger partial charge in [0.05, 0.1) is 19.1 Å². The molecule has 120 valence electrons. The van der Waals surface area contributed by atoms with E-state index in [4.69, 9.17) is 4.74 Å². The summed E-state index contributed by atoms with van der Waals surface area (Å²) < 4.78 is 19.2. The number of rotatable bonds is 5. The second kappa shape index (κ2) is 6.01. The van der Waals surface area contributed by atoms with E-state index >= 15 is 0 Å². The highest BCUT2D eigenvalue weighted by Gasteiger charge is 2.52. The van der Waals surface area contributed by atoms with Crippen LogP contribution in [-0.4, -0.2) is 18.1 Å². The predicted octanol–water partition coefficient (Wildman–Crippen LogP) is 3.00. The molecule has 0 unspecified atom stereocenters. The van der Waals surface area contributed by atoms with Crippen LogP contribution in [0.15, 0.2) is 42.5 Å². The zero-order chi connectivity index (χ0) is 16.4. The van der Waals surface area contributed by atoms with Gasteiger partial charge in [0.1, 0.15) is 11.6 Å². The Bertz CT molecular complexity index is 741. The molecular weight excluding hydrogens is 297 g/mol. The van der Waals surface area contributed by atoms with E-state index in [2.05, 4.69) is 5.32 Å². The van der Waals surface area contributed by atoms with Crippen molar-refractivity contribution in [2.24, 2.45) is 0 Å². The number of ether oxygens (including phenoxy) is 1. The summed E-state index contributed by atoms with van der Waals surface area (Å²) in [4.78, 5) is 12.6. The largest absolute Gasteiger partial charge is 0.496 e. The fourth-order valence-corrected chi connectivity index (χ4v) is 2.82. The van der Waals surface area contributed by atoms with Gasteiger partial charge in [-0.3, -0.25) is 4.79 Å². The number of carbonyl (C=O) groups excluding carboxylic acids is 1. The van der Waals surface area contributed by atoms with Crippen LogP contribution in [0.25, 0.3) is 0 Å². The molecule has 5 heteroatoms. The van der Waals surface area contributed by atoms with Crippen molar-refractivity contribution >= 4 is 11.6 Å². The Morgan fingerprint density at radius 3 is 2.65 bits per heavy atom. The average molecular weight is 315 g/mol. The number of aliphatic hydroxyl groups excluding tert-OH is 1. The third-order valence-corrected chi connectivity index (χ3v) is 4.28. The van der Waals surface area contributed by atoms with Crippen molar-refractivity contribution in [1.82, 2.24) is 0 Å². The number of amides is 1. The smallest absolute Gasteiger partial charge is 0.235 e. The molecule has 0 atom stereocenters. The Morgan fingerprint density at radius 1 is 1.30 bits per heavy atom. The maximum absolute atomic E-state index is 14.0. The van der Waals surface area contributed by atoms with E-state index in [1.54, 1.807) is 36.4 Å². The van der Waals surface area contributed by atoms with Crippen LogP contribution in [0, 0.1) is 5.82 Å². The van der Waals surface area contributed by atoms with Crippen LogP contribution >= 0.6 is 0 Å². The number of anilines is 1. The Morgan fingerprint density at radius 2 is 2.04 bits per heavy atom. The van der Waals surface area contributed by atoms with E-state index in [1.165, 1.54) is 13.2 Å². The van der Waals surface area contributed by atoms with E-state index in [-0.39, 0.29) is 18.3 Å². The molecule has 1 amide bonds. The van der Waals surface area contributed by atoms with Gasteiger partial charge in [0.2, 0.25) is 5.91 Å². The number of aliphatic hydroxyl groups is 1. The number of hydrogen-bond acceptors (Lipinski definition) is 3. The summed E-state index contributed by atoms with van der Waals surface area (Å²) in [6.45, 7) is -0.189. The third-order valence-electron chi connectivity index (χ3n) is 4.28. The summed E-state index contributed by atoms with van der Waals surface area (Å²) in [6.07, 6.45) is 1.26. The molecule has 0 spiro atoms. The first kappa shape index (κ1) is 15.5. The number of methoxy groups -OCH3 is 1. The molecule has 1 aliphatic carbocycles. The minimum Gasteiger partial charge on any atom is -0.496 e. The Labute approximate surface area is 133 Å². The van der Waals surface area contributed by atoms with Crippen LogP contribution in [0.4, 0.5) is 10.1 Å². The molecule has 0 radical (unpaired) electrons. The second-order valence-corrected chi connectivity index (χ2v) is 5.70. The van der Waals surface area contributed by atoms with Gasteiger partial charge in [-0.1, -0.05) is 18.2 Å². The normalized spacial score (nSPS) is 15.1. The fourth-order valence-electron chi connectivity index (χ4n) is 2.82. The molecule has 4 nitrogen and oxygen atoms in total. The molecule has 2 N–H and O–H groups in total. The number of hydrogen-bond donors (Lipinski definition) is 2. The van der Waals surface area contributed by atoms with E-state index < -0.39 is 5.41 Å². The maximum Gasteiger partial charge on any atom is 0.235 e. The number of nitrogens with one attached hydrogen (secondary N) is 1. The summed E-state index contributed by atoms with van der Waals surface area (Å²) in [5, 5.41) is 12.2. The van der Waals surface area contributed by atoms with Gasteiger partial charge in [-0.05, 0) is 37.1 Å². The van der Waals surface area contributed by atoms with E-state index in [0.717, 1.165) is 0 Å². The molecule has 23 heavy (non-hydrogen) atoms. The van der Waals surface area contributed by atoms with Gasteiger partial charge in [-0.2, -0.15) is 0 Å². The lowest BCUT2D eigenvalue weighted by Gasteiger charge is -2.17. The number of carbonyl (C=O) groups is 1. The third kappa shape index (κ3) is 2.80. The minimum absolute atomic E-state index is 0.189. The van der Waals surface area contributed by atoms with Crippen molar-refractivity contribution in [3.05, 3.63) is 59.4 Å². The van der Waals surface area contributed by atoms with Crippen molar-refractivity contribution in [2.75, 3.05) is 12.4 Å². The minimum atomic E-state index is -0.787. The Kier molecular flexibility index (Phi) is 4.05. The fraction of sp³-hybridized carbons (Fsp3) is 0.278. The highest BCUT2D eigenvalue weighted by Crippen LogP contribution is 2.49. The summed E-state index contributed by atoms with van der Waals surface area (Å²) in [5.74, 6) is -0.0247. The zero-order valence-corrected chi connectivity index (χ0v) is 12.8. The van der Waals surface area contributed by atoms with Gasteiger partial charge in [0.15, 0.2) is 0 Å². The van der Waals surface area contributed by atoms with Crippen molar-refractivity contribution in [3.63, 3.8) is 0 Å². The monoisotopic (exact) mass is 315 g/mol. The Hall–Kier alpha value is -2.40. The predicted molar refractivity (Wildman–Crippen MR) is 84.9 cm³/mol. The first-order valence-corrected chi connectivity index (χ1v) is 7.45. The maximum atomic E-state index is 14.0. The first-order chi connectivity index (χ1) is 11.1. The lowest BCUT2D eigenvalue weighted by molar-refractivity contribution is -0.118. The van der Waals surface area contributed by atoms with Crippen LogP contribution in [0.5, 0.6) is 5.75 Å². The molecule has 0 aromatic heterocycles. The van der Waals surface area contributed by atoms with Gasteiger partial charge >= 0.3 is 0 Å². The zero-order valence-electron chi connectivity index (χ0n) is 12.8. The number of benzene rings is 2. The molecule has 2 aromatic rings. The lowest BCUT2D eigenvalue weighted by Crippen LogP contribution is -2.28. The molecule has 0 saturated heterocycles. The molecule has 0 aliphatic heterocycles. The Balaban J connectivity index is 1.84. The summed E-state index contributed by atoms with van der Waals surface area (Å²) in [7, 11) is 1.52. The number of halogens is 1. The van der Waals surface area contributed by atoms with Crippen LogP contribution in [0.1, 0.15) is 24.0 Å². The standard InChI is InChI=1S/C18H18FNO3/c1-23-16-7-6-13(10-12(16)11-21)20-17(22)18(8-9-18)14-4-2-3-5-15(14)19/h2-7,10,21H,8-9,11H2,1H3,(H,20,22). The topological polar surface area (TPSA) is 58.6 Å². The van der Waals surface area contributed by atoms with Gasteiger partial charge < -0.3 is 15.2 Å². The second-order valence-electron chi connectivity index (χ2n) is 5.70. The van der Waals surface area contributed by atoms with Crippen molar-refractivity contribution < 1.29 is 19.0 Å². The summed E-state index contributed by atoms with van der Waals surface area (Å²) in [5.41, 5.74) is 0.793. The van der Waals surface area contributed by atoms with Gasteiger partial charge in [0, 0.05) is 16.8 Å². The first-order valence-electron chi connectivity index (χ1n) is 7.45. The molecule has 3 rings (SSSR count). The molecule has 2 aromatic carbocycles. The van der Waals surface area contributed by atoms with Crippen molar-refractivity contribution in [3.8, 4) is 5.75 Å². The van der Waals surface area contributed by atoms with Crippen LogP contribution in [0.2, 0.25) is 0 Å². The van der Waals surface area contributed by atoms with E-state index in [9.17, 15) is 14.3 Å². The van der Waals surface area contributed by atoms with Crippen molar-refractivity contribution in [1.29, 1.82) is 0 Å². The van der Waals surface area contributed by atoms with E-state index in [0.29, 0.717) is 35.4 Å². The highest BCUT2D eigenvalue weighted by atomic mass is 19.1. The van der Waals surface area contributed by atoms with Crippen LogP contribution in [-0.2, 0) is 16.8 Å². The highest BCUT2D eigenvalue weighted by molar-refractivity contribution is 6.01. The molecule has 1 aliphatic rings. The van der Waals surface area contributed by atoms with Gasteiger partial charge in [-0.25, -0.2) is 4.39 Å². The quantitative estimate of drug-likeness (QED) is 0.892. The summed E-state index contributed by atoms with van der Waals surface area (Å²) in [6, 6.07) is 11.4. The molecule has 0 bridgehead atoms. The SMILES string of the molecule is COc1ccc(NC(=O)C2(c3ccccc3F)CC2)cc1CO. The van der Waals surface area contributed by atoms with Crippen molar-refractivity contribution in [2.45, 2.75) is 24.9 Å². The van der Waals surface area contributed by atoms with Gasteiger partial charge in [-0.15, -0.1) is 0 Å². The molecular formula is C18H18FNO3. The average Bonchev–Trinajstić information content (AvgIpc) is 3.37. The van der Waals surface area contributed by atoms with Gasteiger partial charge in [0.25, 0.3) is 0 Å². The van der Waals surface area contributed by atoms with Crippen LogP contribution < -0.4 is 10.1 Å².